The van der Waals surface area contributed by atoms with Crippen molar-refractivity contribution in [1.29, 1.82) is 0 Å². The van der Waals surface area contributed by atoms with Gasteiger partial charge in [0.05, 0.1) is 42.7 Å². The van der Waals surface area contributed by atoms with E-state index in [9.17, 15) is 9.90 Å². The summed E-state index contributed by atoms with van der Waals surface area (Å²) in [6.45, 7) is 5.71. The second-order valence-corrected chi connectivity index (χ2v) is 11.2. The van der Waals surface area contributed by atoms with Crippen LogP contribution in [-0.4, -0.2) is 33.3 Å². The van der Waals surface area contributed by atoms with Crippen LogP contribution in [0.4, 0.5) is 4.79 Å². The summed E-state index contributed by atoms with van der Waals surface area (Å²) in [5.41, 5.74) is 7.96. The van der Waals surface area contributed by atoms with Gasteiger partial charge in [-0.25, -0.2) is 9.78 Å². The Balaban J connectivity index is 1.29. The van der Waals surface area contributed by atoms with Crippen molar-refractivity contribution in [3.8, 4) is 11.1 Å². The Morgan fingerprint density at radius 1 is 0.864 bits per heavy atom. The van der Waals surface area contributed by atoms with Gasteiger partial charge < -0.3 is 29.8 Å². The van der Waals surface area contributed by atoms with Crippen molar-refractivity contribution in [2.75, 3.05) is 6.54 Å². The fourth-order valence-electron chi connectivity index (χ4n) is 5.81. The smallest absolute Gasteiger partial charge is 0.315 e. The van der Waals surface area contributed by atoms with Crippen LogP contribution in [0.2, 0.25) is 0 Å². The number of hydrogen-bond acceptors (Lipinski definition) is 5. The summed E-state index contributed by atoms with van der Waals surface area (Å²) < 4.78 is 15.6. The molecule has 0 bridgehead atoms. The first-order chi connectivity index (χ1) is 21.5. The molecule has 0 aliphatic carbocycles. The van der Waals surface area contributed by atoms with Gasteiger partial charge in [0.1, 0.15) is 0 Å². The number of fused-ring (bicyclic) bond motifs is 1. The third-order valence-electron chi connectivity index (χ3n) is 8.24. The van der Waals surface area contributed by atoms with Crippen LogP contribution in [-0.2, 0) is 29.2 Å². The normalized spacial score (nSPS) is 20.0. The van der Waals surface area contributed by atoms with E-state index in [0.29, 0.717) is 19.6 Å². The first kappa shape index (κ1) is 29.6. The minimum atomic E-state index is -0.587. The van der Waals surface area contributed by atoms with Crippen LogP contribution in [0, 0.1) is 5.92 Å². The van der Waals surface area contributed by atoms with E-state index in [-0.39, 0.29) is 30.8 Å². The summed E-state index contributed by atoms with van der Waals surface area (Å²) in [6, 6.07) is 32.3. The van der Waals surface area contributed by atoms with Crippen LogP contribution < -0.4 is 10.6 Å². The highest BCUT2D eigenvalue weighted by molar-refractivity contribution is 5.75. The highest BCUT2D eigenvalue weighted by atomic mass is 16.7. The molecule has 1 aromatic heterocycles. The minimum Gasteiger partial charge on any atom is -0.392 e. The van der Waals surface area contributed by atoms with Crippen LogP contribution in [0.5, 0.6) is 0 Å². The van der Waals surface area contributed by atoms with Crippen molar-refractivity contribution >= 4 is 17.1 Å². The van der Waals surface area contributed by atoms with E-state index in [1.165, 1.54) is 0 Å². The molecule has 44 heavy (non-hydrogen) atoms. The molecular weight excluding hydrogens is 552 g/mol. The number of aliphatic hydroxyl groups excluding tert-OH is 1. The lowest BCUT2D eigenvalue weighted by molar-refractivity contribution is -0.276. The first-order valence-electron chi connectivity index (χ1n) is 15.1. The summed E-state index contributed by atoms with van der Waals surface area (Å²) >= 11 is 0. The van der Waals surface area contributed by atoms with E-state index in [4.69, 9.17) is 9.47 Å². The standard InChI is InChI=1S/C36H38N4O4/c1-3-37-36(42)38-20-26-8-6-9-28(18-26)29-10-7-11-30(19-29)35-43-33(21-40-23-39-31-12-4-5-13-32(31)40)24(2)34(44-35)27-16-14-25(22-41)15-17-27/h4-19,23-24,33-35,41H,3,20-22H2,1-2H3,(H2,37,38,42)/t24-,33+,34+,35+/m0/s1. The number of aromatic nitrogens is 2. The fourth-order valence-corrected chi connectivity index (χ4v) is 5.81. The topological polar surface area (TPSA) is 97.6 Å². The van der Waals surface area contributed by atoms with Gasteiger partial charge >= 0.3 is 6.03 Å². The third kappa shape index (κ3) is 6.53. The molecule has 0 spiro atoms. The fraction of sp³-hybridized carbons (Fsp3) is 0.278. The number of nitrogens with one attached hydrogen (secondary N) is 2. The van der Waals surface area contributed by atoms with Crippen molar-refractivity contribution in [1.82, 2.24) is 20.2 Å². The lowest BCUT2D eigenvalue weighted by Gasteiger charge is -2.41. The highest BCUT2D eigenvalue weighted by Gasteiger charge is 2.38. The van der Waals surface area contributed by atoms with Crippen molar-refractivity contribution < 1.29 is 19.4 Å². The molecule has 8 heteroatoms. The molecule has 6 rings (SSSR count). The van der Waals surface area contributed by atoms with Gasteiger partial charge in [-0.3, -0.25) is 0 Å². The largest absolute Gasteiger partial charge is 0.392 e. The Labute approximate surface area is 257 Å². The predicted octanol–water partition coefficient (Wildman–Crippen LogP) is 6.51. The first-order valence-corrected chi connectivity index (χ1v) is 15.1. The van der Waals surface area contributed by atoms with Gasteiger partial charge in [0.15, 0.2) is 6.29 Å². The maximum atomic E-state index is 11.9. The molecule has 0 radical (unpaired) electrons. The van der Waals surface area contributed by atoms with Gasteiger partial charge in [-0.1, -0.05) is 79.7 Å². The SMILES string of the molecule is CCNC(=O)NCc1cccc(-c2cccc([C@@H]3O[C@H](Cn4cnc5ccccc54)[C@H](C)[C@H](c4ccc(CO)cc4)O3)c2)c1. The molecule has 1 saturated heterocycles. The maximum absolute atomic E-state index is 11.9. The zero-order valence-electron chi connectivity index (χ0n) is 25.0. The van der Waals surface area contributed by atoms with E-state index in [1.54, 1.807) is 0 Å². The van der Waals surface area contributed by atoms with E-state index < -0.39 is 6.29 Å². The quantitative estimate of drug-likeness (QED) is 0.182. The monoisotopic (exact) mass is 590 g/mol. The van der Waals surface area contributed by atoms with E-state index >= 15 is 0 Å². The zero-order chi connectivity index (χ0) is 30.5. The number of imidazole rings is 1. The van der Waals surface area contributed by atoms with Crippen LogP contribution in [0.1, 0.15) is 48.5 Å². The highest BCUT2D eigenvalue weighted by Crippen LogP contribution is 2.43. The number of amides is 2. The summed E-state index contributed by atoms with van der Waals surface area (Å²) in [5, 5.41) is 15.2. The number of nitrogens with zero attached hydrogens (tertiary/aromatic N) is 2. The van der Waals surface area contributed by atoms with Gasteiger partial charge in [0.2, 0.25) is 0 Å². The van der Waals surface area contributed by atoms with E-state index in [2.05, 4.69) is 57.4 Å². The Morgan fingerprint density at radius 3 is 2.43 bits per heavy atom. The molecule has 1 aliphatic heterocycles. The molecule has 3 N–H and O–H groups in total. The second kappa shape index (κ2) is 13.4. The number of urea groups is 1. The summed E-state index contributed by atoms with van der Waals surface area (Å²) in [5.74, 6) is 0.0460. The summed E-state index contributed by atoms with van der Waals surface area (Å²) in [6.07, 6.45) is 0.927. The lowest BCUT2D eigenvalue weighted by atomic mass is 9.90. The van der Waals surface area contributed by atoms with Gasteiger partial charge in [0, 0.05) is 24.6 Å². The summed E-state index contributed by atoms with van der Waals surface area (Å²) in [4.78, 5) is 16.5. The molecule has 4 aromatic carbocycles. The van der Waals surface area contributed by atoms with Crippen LogP contribution in [0.3, 0.4) is 0 Å². The number of carbonyl (C=O) groups excluding carboxylic acids is 1. The van der Waals surface area contributed by atoms with E-state index in [1.807, 2.05) is 80.0 Å². The van der Waals surface area contributed by atoms with Crippen molar-refractivity contribution in [3.05, 3.63) is 126 Å². The lowest BCUT2D eigenvalue weighted by Crippen LogP contribution is -2.39. The molecule has 1 aliphatic rings. The Kier molecular flexibility index (Phi) is 9.02. The van der Waals surface area contributed by atoms with Gasteiger partial charge in [-0.2, -0.15) is 0 Å². The number of para-hydroxylation sites is 2. The number of hydrogen-bond donors (Lipinski definition) is 3. The number of ether oxygens (including phenoxy) is 2. The number of carbonyl (C=O) groups is 1. The average Bonchev–Trinajstić information content (AvgIpc) is 3.48. The van der Waals surface area contributed by atoms with Crippen molar-refractivity contribution in [2.45, 2.75) is 52.0 Å². The zero-order valence-corrected chi connectivity index (χ0v) is 25.0. The molecule has 0 unspecified atom stereocenters. The van der Waals surface area contributed by atoms with Crippen molar-refractivity contribution in [2.24, 2.45) is 5.92 Å². The number of benzene rings is 4. The Hall–Kier alpha value is -4.50. The molecular formula is C36H38N4O4. The van der Waals surface area contributed by atoms with Gasteiger partial charge in [-0.15, -0.1) is 0 Å². The molecule has 2 amide bonds. The molecule has 2 heterocycles. The molecule has 5 aromatic rings. The molecule has 0 saturated carbocycles. The third-order valence-corrected chi connectivity index (χ3v) is 8.24. The van der Waals surface area contributed by atoms with Gasteiger partial charge in [0.25, 0.3) is 0 Å². The number of rotatable bonds is 9. The van der Waals surface area contributed by atoms with Crippen LogP contribution in [0.15, 0.2) is 103 Å². The van der Waals surface area contributed by atoms with Crippen LogP contribution >= 0.6 is 0 Å². The minimum absolute atomic E-state index is 0.000582. The van der Waals surface area contributed by atoms with E-state index in [0.717, 1.165) is 44.4 Å². The molecule has 1 fully saturated rings. The molecule has 226 valence electrons. The summed E-state index contributed by atoms with van der Waals surface area (Å²) in [7, 11) is 0. The van der Waals surface area contributed by atoms with Crippen molar-refractivity contribution in [3.63, 3.8) is 0 Å². The predicted molar refractivity (Wildman–Crippen MR) is 170 cm³/mol. The second-order valence-electron chi connectivity index (χ2n) is 11.2. The number of aliphatic hydroxyl groups is 1. The Morgan fingerprint density at radius 2 is 1.64 bits per heavy atom. The Bertz CT molecular complexity index is 1720. The average molecular weight is 591 g/mol. The molecule has 8 nitrogen and oxygen atoms in total. The molecule has 4 atom stereocenters. The van der Waals surface area contributed by atoms with Crippen LogP contribution in [0.25, 0.3) is 22.2 Å². The maximum Gasteiger partial charge on any atom is 0.315 e. The van der Waals surface area contributed by atoms with Gasteiger partial charge in [-0.05, 0) is 59.0 Å².